The van der Waals surface area contributed by atoms with Gasteiger partial charge < -0.3 is 14.9 Å². The summed E-state index contributed by atoms with van der Waals surface area (Å²) in [5.41, 5.74) is 0.458. The van der Waals surface area contributed by atoms with Crippen LogP contribution in [0.3, 0.4) is 0 Å². The first-order chi connectivity index (χ1) is 8.18. The first kappa shape index (κ1) is 12.1. The molecular weight excluding hydrogens is 220 g/mol. The van der Waals surface area contributed by atoms with E-state index in [0.717, 1.165) is 6.42 Å². The number of rotatable bonds is 2. The predicted octanol–water partition coefficient (Wildman–Crippen LogP) is 1.12. The summed E-state index contributed by atoms with van der Waals surface area (Å²) in [5, 5.41) is 19.2. The third-order valence-corrected chi connectivity index (χ3v) is 3.03. The number of hydrogen-bond donors (Lipinski definition) is 2. The maximum atomic E-state index is 11.8. The van der Waals surface area contributed by atoms with Gasteiger partial charge in [-0.3, -0.25) is 0 Å². The zero-order chi connectivity index (χ0) is 12.3. The lowest BCUT2D eigenvalue weighted by atomic mass is 9.92. The van der Waals surface area contributed by atoms with Crippen LogP contribution in [0.5, 0.6) is 0 Å². The van der Waals surface area contributed by atoms with Gasteiger partial charge in [0, 0.05) is 0 Å². The molecule has 4 heteroatoms. The average molecular weight is 236 g/mol. The van der Waals surface area contributed by atoms with Gasteiger partial charge in [-0.15, -0.1) is 0 Å². The van der Waals surface area contributed by atoms with Crippen LogP contribution in [0.25, 0.3) is 0 Å². The summed E-state index contributed by atoms with van der Waals surface area (Å²) in [6.45, 7) is 0. The molecule has 1 saturated carbocycles. The van der Waals surface area contributed by atoms with Crippen molar-refractivity contribution in [3.63, 3.8) is 0 Å². The summed E-state index contributed by atoms with van der Waals surface area (Å²) in [5.74, 6) is -0.455. The van der Waals surface area contributed by atoms with Gasteiger partial charge in [0.05, 0.1) is 11.7 Å². The second-order valence-corrected chi connectivity index (χ2v) is 4.30. The molecule has 0 heterocycles. The molecule has 17 heavy (non-hydrogen) atoms. The first-order valence-corrected chi connectivity index (χ1v) is 5.80. The average Bonchev–Trinajstić information content (AvgIpc) is 2.36. The van der Waals surface area contributed by atoms with E-state index >= 15 is 0 Å². The van der Waals surface area contributed by atoms with Crippen LogP contribution in [0, 0.1) is 0 Å². The third kappa shape index (κ3) is 2.84. The van der Waals surface area contributed by atoms with Gasteiger partial charge in [0.15, 0.2) is 0 Å². The number of hydrogen-bond acceptors (Lipinski definition) is 4. The molecule has 3 atom stereocenters. The van der Waals surface area contributed by atoms with Gasteiger partial charge in [0.25, 0.3) is 0 Å². The Morgan fingerprint density at radius 1 is 1.18 bits per heavy atom. The number of aliphatic hydroxyl groups excluding tert-OH is 2. The Kier molecular flexibility index (Phi) is 3.76. The predicted molar refractivity (Wildman–Crippen MR) is 61.5 cm³/mol. The molecule has 1 aromatic carbocycles. The fourth-order valence-corrected chi connectivity index (χ4v) is 2.03. The highest BCUT2D eigenvalue weighted by atomic mass is 16.6. The van der Waals surface area contributed by atoms with E-state index in [1.807, 2.05) is 6.07 Å². The van der Waals surface area contributed by atoms with Crippen LogP contribution in [0.15, 0.2) is 30.3 Å². The molecule has 1 aliphatic carbocycles. The van der Waals surface area contributed by atoms with Crippen molar-refractivity contribution in [1.29, 1.82) is 0 Å². The van der Waals surface area contributed by atoms with Gasteiger partial charge in [-0.05, 0) is 31.4 Å². The van der Waals surface area contributed by atoms with Gasteiger partial charge in [0.2, 0.25) is 0 Å². The Bertz CT molecular complexity index is 376. The van der Waals surface area contributed by atoms with E-state index < -0.39 is 24.3 Å². The second kappa shape index (κ2) is 5.29. The lowest BCUT2D eigenvalue weighted by Crippen LogP contribution is -2.43. The Balaban J connectivity index is 1.99. The van der Waals surface area contributed by atoms with Crippen LogP contribution in [0.2, 0.25) is 0 Å². The van der Waals surface area contributed by atoms with Crippen molar-refractivity contribution in [2.45, 2.75) is 37.6 Å². The van der Waals surface area contributed by atoms with Crippen LogP contribution in [-0.2, 0) is 4.74 Å². The summed E-state index contributed by atoms with van der Waals surface area (Å²) in [6, 6.07) is 8.64. The van der Waals surface area contributed by atoms with Crippen molar-refractivity contribution in [3.05, 3.63) is 35.9 Å². The molecule has 92 valence electrons. The van der Waals surface area contributed by atoms with Crippen molar-refractivity contribution in [3.8, 4) is 0 Å². The molecule has 1 aromatic rings. The standard InChI is InChI=1S/C13H16O4/c14-10-7-4-8-11(12(10)15)17-13(16)9-5-2-1-3-6-9/h1-3,5-6,10-12,14-15H,4,7-8H2. The smallest absolute Gasteiger partial charge is 0.338 e. The molecule has 2 rings (SSSR count). The van der Waals surface area contributed by atoms with E-state index in [1.54, 1.807) is 24.3 Å². The monoisotopic (exact) mass is 236 g/mol. The molecule has 0 spiro atoms. The molecule has 2 N–H and O–H groups in total. The molecule has 0 amide bonds. The minimum atomic E-state index is -0.976. The zero-order valence-corrected chi connectivity index (χ0v) is 9.45. The van der Waals surface area contributed by atoms with Gasteiger partial charge in [-0.2, -0.15) is 0 Å². The van der Waals surface area contributed by atoms with E-state index in [4.69, 9.17) is 4.74 Å². The van der Waals surface area contributed by atoms with E-state index in [9.17, 15) is 15.0 Å². The lowest BCUT2D eigenvalue weighted by Gasteiger charge is -2.31. The van der Waals surface area contributed by atoms with Gasteiger partial charge in [-0.1, -0.05) is 18.2 Å². The van der Waals surface area contributed by atoms with Crippen molar-refractivity contribution < 1.29 is 19.7 Å². The Morgan fingerprint density at radius 3 is 2.59 bits per heavy atom. The molecule has 3 unspecified atom stereocenters. The summed E-state index contributed by atoms with van der Waals surface area (Å²) in [6.07, 6.45) is -0.470. The molecule has 1 aliphatic rings. The zero-order valence-electron chi connectivity index (χ0n) is 9.45. The minimum Gasteiger partial charge on any atom is -0.456 e. The quantitative estimate of drug-likeness (QED) is 0.755. The van der Waals surface area contributed by atoms with Crippen molar-refractivity contribution >= 4 is 5.97 Å². The van der Waals surface area contributed by atoms with Crippen molar-refractivity contribution in [2.75, 3.05) is 0 Å². The summed E-state index contributed by atoms with van der Waals surface area (Å²) < 4.78 is 5.21. The molecule has 1 fully saturated rings. The Hall–Kier alpha value is -1.39. The minimum absolute atomic E-state index is 0.455. The van der Waals surface area contributed by atoms with Crippen LogP contribution in [-0.4, -0.2) is 34.5 Å². The number of carbonyl (C=O) groups is 1. The van der Waals surface area contributed by atoms with Crippen molar-refractivity contribution in [1.82, 2.24) is 0 Å². The van der Waals surface area contributed by atoms with E-state index in [2.05, 4.69) is 0 Å². The van der Waals surface area contributed by atoms with Crippen LogP contribution in [0.4, 0.5) is 0 Å². The highest BCUT2D eigenvalue weighted by Gasteiger charge is 2.33. The first-order valence-electron chi connectivity index (χ1n) is 5.80. The number of ether oxygens (including phenoxy) is 1. The number of aliphatic hydroxyl groups is 2. The largest absolute Gasteiger partial charge is 0.456 e. The van der Waals surface area contributed by atoms with Crippen LogP contribution >= 0.6 is 0 Å². The normalized spacial score (nSPS) is 28.7. The fraction of sp³-hybridized carbons (Fsp3) is 0.462. The molecule has 0 bridgehead atoms. The van der Waals surface area contributed by atoms with Crippen molar-refractivity contribution in [2.24, 2.45) is 0 Å². The van der Waals surface area contributed by atoms with Gasteiger partial charge in [-0.25, -0.2) is 4.79 Å². The molecule has 0 aromatic heterocycles. The SMILES string of the molecule is O=C(OC1CCCC(O)C1O)c1ccccc1. The molecule has 0 radical (unpaired) electrons. The van der Waals surface area contributed by atoms with E-state index in [0.29, 0.717) is 18.4 Å². The second-order valence-electron chi connectivity index (χ2n) is 4.30. The van der Waals surface area contributed by atoms with E-state index in [-0.39, 0.29) is 0 Å². The topological polar surface area (TPSA) is 66.8 Å². The lowest BCUT2D eigenvalue weighted by molar-refractivity contribution is -0.0923. The summed E-state index contributed by atoms with van der Waals surface area (Å²) in [7, 11) is 0. The third-order valence-electron chi connectivity index (χ3n) is 3.03. The Morgan fingerprint density at radius 2 is 1.88 bits per heavy atom. The highest BCUT2D eigenvalue weighted by molar-refractivity contribution is 5.89. The van der Waals surface area contributed by atoms with Gasteiger partial charge in [0.1, 0.15) is 12.2 Å². The summed E-state index contributed by atoms with van der Waals surface area (Å²) >= 11 is 0. The number of esters is 1. The molecule has 4 nitrogen and oxygen atoms in total. The highest BCUT2D eigenvalue weighted by Crippen LogP contribution is 2.22. The molecule has 0 aliphatic heterocycles. The maximum absolute atomic E-state index is 11.8. The number of carbonyl (C=O) groups excluding carboxylic acids is 1. The van der Waals surface area contributed by atoms with Crippen LogP contribution in [0.1, 0.15) is 29.6 Å². The number of benzene rings is 1. The molecule has 0 saturated heterocycles. The fourth-order valence-electron chi connectivity index (χ4n) is 2.03. The van der Waals surface area contributed by atoms with Gasteiger partial charge >= 0.3 is 5.97 Å². The summed E-state index contributed by atoms with van der Waals surface area (Å²) in [4.78, 5) is 11.8. The Labute approximate surface area is 99.8 Å². The maximum Gasteiger partial charge on any atom is 0.338 e. The van der Waals surface area contributed by atoms with Crippen LogP contribution < -0.4 is 0 Å². The van der Waals surface area contributed by atoms with E-state index in [1.165, 1.54) is 0 Å². The molecular formula is C13H16O4.